The monoisotopic (exact) mass is 578 g/mol. The van der Waals surface area contributed by atoms with Gasteiger partial charge in [0.2, 0.25) is 0 Å². The van der Waals surface area contributed by atoms with Crippen molar-refractivity contribution >= 4 is 11.9 Å². The first-order valence-electron chi connectivity index (χ1n) is 15.6. The maximum atomic E-state index is 13.7. The summed E-state index contributed by atoms with van der Waals surface area (Å²) < 4.78 is 17.1. The highest BCUT2D eigenvalue weighted by Gasteiger charge is 2.44. The molecule has 1 amide bonds. The Morgan fingerprint density at radius 1 is 1.17 bits per heavy atom. The van der Waals surface area contributed by atoms with Crippen LogP contribution < -0.4 is 5.32 Å². The molecule has 2 aromatic carbocycles. The van der Waals surface area contributed by atoms with Crippen LogP contribution in [0.15, 0.2) is 42.5 Å². The third-order valence-corrected chi connectivity index (χ3v) is 8.86. The summed E-state index contributed by atoms with van der Waals surface area (Å²) in [7, 11) is 0. The van der Waals surface area contributed by atoms with E-state index in [4.69, 9.17) is 14.2 Å². The number of nitrogens with zero attached hydrogens (tertiary/aromatic N) is 1. The Morgan fingerprint density at radius 3 is 2.74 bits per heavy atom. The molecule has 2 N–H and O–H groups in total. The molecule has 228 valence electrons. The summed E-state index contributed by atoms with van der Waals surface area (Å²) in [5, 5.41) is 13.2. The summed E-state index contributed by atoms with van der Waals surface area (Å²) in [6, 6.07) is 13.8. The Morgan fingerprint density at radius 2 is 1.98 bits per heavy atom. The molecule has 2 saturated heterocycles. The third-order valence-electron chi connectivity index (χ3n) is 8.86. The molecule has 2 aromatic rings. The zero-order valence-electron chi connectivity index (χ0n) is 25.2. The fourth-order valence-corrected chi connectivity index (χ4v) is 6.76. The second-order valence-electron chi connectivity index (χ2n) is 12.5. The summed E-state index contributed by atoms with van der Waals surface area (Å²) in [4.78, 5) is 29.1. The molecule has 2 heterocycles. The Kier molecular flexibility index (Phi) is 10.3. The summed E-state index contributed by atoms with van der Waals surface area (Å²) in [5.41, 5.74) is 5.29. The molecular formula is C34H46N2O6. The van der Waals surface area contributed by atoms with Crippen molar-refractivity contribution in [1.82, 2.24) is 10.2 Å². The number of aliphatic hydroxyl groups is 1. The molecule has 0 radical (unpaired) electrons. The summed E-state index contributed by atoms with van der Waals surface area (Å²) in [6.45, 7) is 8.69. The number of rotatable bonds is 11. The first-order valence-corrected chi connectivity index (χ1v) is 15.6. The second-order valence-corrected chi connectivity index (χ2v) is 12.5. The zero-order valence-corrected chi connectivity index (χ0v) is 25.2. The van der Waals surface area contributed by atoms with Crippen molar-refractivity contribution in [3.63, 3.8) is 0 Å². The van der Waals surface area contributed by atoms with E-state index >= 15 is 0 Å². The molecular weight excluding hydrogens is 532 g/mol. The Hall–Kier alpha value is -2.78. The van der Waals surface area contributed by atoms with Crippen LogP contribution >= 0.6 is 0 Å². The van der Waals surface area contributed by atoms with Gasteiger partial charge in [-0.1, -0.05) is 56.3 Å². The predicted molar refractivity (Wildman–Crippen MR) is 160 cm³/mol. The molecule has 5 atom stereocenters. The molecule has 2 unspecified atom stereocenters. The van der Waals surface area contributed by atoms with E-state index < -0.39 is 6.09 Å². The lowest BCUT2D eigenvalue weighted by Crippen LogP contribution is -2.44. The van der Waals surface area contributed by atoms with Gasteiger partial charge in [-0.25, -0.2) is 4.79 Å². The minimum absolute atomic E-state index is 0.0465. The van der Waals surface area contributed by atoms with E-state index in [2.05, 4.69) is 42.3 Å². The topological polar surface area (TPSA) is 97.3 Å². The smallest absolute Gasteiger partial charge is 0.407 e. The Balaban J connectivity index is 1.35. The summed E-state index contributed by atoms with van der Waals surface area (Å²) in [5.74, 6) is 0.656. The van der Waals surface area contributed by atoms with Gasteiger partial charge in [0.1, 0.15) is 6.10 Å². The van der Waals surface area contributed by atoms with Gasteiger partial charge in [-0.2, -0.15) is 0 Å². The fourth-order valence-electron chi connectivity index (χ4n) is 6.76. The van der Waals surface area contributed by atoms with Gasteiger partial charge in [-0.15, -0.1) is 0 Å². The number of aliphatic hydroxyl groups excluding tert-OH is 1. The van der Waals surface area contributed by atoms with E-state index in [1.807, 2.05) is 31.2 Å². The van der Waals surface area contributed by atoms with Crippen LogP contribution in [-0.4, -0.2) is 66.6 Å². The highest BCUT2D eigenvalue weighted by molar-refractivity contribution is 5.86. The van der Waals surface area contributed by atoms with Gasteiger partial charge in [0.05, 0.1) is 31.8 Å². The van der Waals surface area contributed by atoms with Gasteiger partial charge in [0.15, 0.2) is 12.1 Å². The van der Waals surface area contributed by atoms with Crippen LogP contribution in [0.2, 0.25) is 0 Å². The number of benzene rings is 2. The number of carbonyl (C=O) groups excluding carboxylic acids is 2. The van der Waals surface area contributed by atoms with Crippen LogP contribution in [0.25, 0.3) is 0 Å². The third kappa shape index (κ3) is 7.40. The highest BCUT2D eigenvalue weighted by atomic mass is 16.7. The van der Waals surface area contributed by atoms with Crippen molar-refractivity contribution in [3.05, 3.63) is 70.3 Å². The number of hydrogen-bond acceptors (Lipinski definition) is 7. The van der Waals surface area contributed by atoms with Gasteiger partial charge in [0, 0.05) is 25.6 Å². The number of Topliss-reactive ketones (excluding diaryl/α,β-unsaturated/α-hetero) is 1. The lowest BCUT2D eigenvalue weighted by atomic mass is 9.91. The van der Waals surface area contributed by atoms with Gasteiger partial charge < -0.3 is 24.6 Å². The van der Waals surface area contributed by atoms with Crippen molar-refractivity contribution < 1.29 is 28.9 Å². The Labute approximate surface area is 249 Å². The molecule has 2 aliphatic heterocycles. The van der Waals surface area contributed by atoms with Crippen LogP contribution in [0.1, 0.15) is 73.4 Å². The number of ketones is 1. The number of ether oxygens (including phenoxy) is 3. The predicted octanol–water partition coefficient (Wildman–Crippen LogP) is 4.88. The number of amides is 1. The van der Waals surface area contributed by atoms with Crippen molar-refractivity contribution in [1.29, 1.82) is 0 Å². The molecule has 5 rings (SSSR count). The minimum Gasteiger partial charge on any atom is -0.443 e. The van der Waals surface area contributed by atoms with E-state index in [1.54, 1.807) is 0 Å². The minimum atomic E-state index is -0.438. The van der Waals surface area contributed by atoms with Crippen LogP contribution in [0, 0.1) is 18.8 Å². The second kappa shape index (κ2) is 14.1. The largest absolute Gasteiger partial charge is 0.443 e. The van der Waals surface area contributed by atoms with Crippen molar-refractivity contribution in [2.24, 2.45) is 11.8 Å². The number of alkyl carbamates (subject to hydrolysis) is 1. The van der Waals surface area contributed by atoms with E-state index in [0.29, 0.717) is 44.9 Å². The quantitative estimate of drug-likeness (QED) is 0.367. The fraction of sp³-hybridized carbons (Fsp3) is 0.588. The standard InChI is InChI=1S/C34H46N2O6/c1-22(2)19-36(32-29-18-26(20-37)23(3)16-25(29)10-7-11-30(32)38)14-12-27(17-24-8-5-4-6-9-24)35-34(39)42-31-21-41-33-28(31)13-15-40-33/h4-6,8-9,16,18,22,27-28,31-33,37H,7,10-15,17,19-21H2,1-3H3,(H,35,39)/t27?,28-,31-,32?,33+/m0/s1. The van der Waals surface area contributed by atoms with Crippen molar-refractivity contribution in [2.45, 2.75) is 90.4 Å². The Bertz CT molecular complexity index is 1220. The average Bonchev–Trinajstić information content (AvgIpc) is 3.54. The number of nitrogens with one attached hydrogen (secondary N) is 1. The highest BCUT2D eigenvalue weighted by Crippen LogP contribution is 2.35. The molecule has 3 aliphatic rings. The average molecular weight is 579 g/mol. The van der Waals surface area contributed by atoms with Crippen molar-refractivity contribution in [2.75, 3.05) is 26.3 Å². The molecule has 0 spiro atoms. The molecule has 0 saturated carbocycles. The van der Waals surface area contributed by atoms with E-state index in [0.717, 1.165) is 48.1 Å². The van der Waals surface area contributed by atoms with Gasteiger partial charge in [0.25, 0.3) is 0 Å². The van der Waals surface area contributed by atoms with E-state index in [9.17, 15) is 14.7 Å². The summed E-state index contributed by atoms with van der Waals surface area (Å²) in [6.07, 6.45) is 3.35. The van der Waals surface area contributed by atoms with Crippen molar-refractivity contribution in [3.8, 4) is 0 Å². The number of carbonyl (C=O) groups is 2. The van der Waals surface area contributed by atoms with Crippen LogP contribution in [0.4, 0.5) is 4.79 Å². The van der Waals surface area contributed by atoms with Crippen LogP contribution in [0.3, 0.4) is 0 Å². The van der Waals surface area contributed by atoms with Gasteiger partial charge >= 0.3 is 6.09 Å². The van der Waals surface area contributed by atoms with Crippen LogP contribution in [0.5, 0.6) is 0 Å². The molecule has 0 aromatic heterocycles. The van der Waals surface area contributed by atoms with E-state index in [1.165, 1.54) is 5.56 Å². The van der Waals surface area contributed by atoms with Gasteiger partial charge in [-0.3, -0.25) is 9.69 Å². The van der Waals surface area contributed by atoms with Gasteiger partial charge in [-0.05, 0) is 72.8 Å². The first-order chi connectivity index (χ1) is 20.3. The molecule has 8 heteroatoms. The normalized spacial score (nSPS) is 24.4. The first kappa shape index (κ1) is 30.7. The number of fused-ring (bicyclic) bond motifs is 2. The van der Waals surface area contributed by atoms with E-state index in [-0.39, 0.29) is 42.8 Å². The zero-order chi connectivity index (χ0) is 29.6. The SMILES string of the molecule is Cc1cc2c(cc1CO)C(N(CCC(Cc1ccccc1)NC(=O)O[C@H]1CO[C@H]3OCC[C@H]31)CC(C)C)C(=O)CCC2. The molecule has 1 aliphatic carbocycles. The lowest BCUT2D eigenvalue weighted by Gasteiger charge is -2.34. The molecule has 2 fully saturated rings. The number of hydrogen-bond donors (Lipinski definition) is 2. The lowest BCUT2D eigenvalue weighted by molar-refractivity contribution is -0.124. The summed E-state index contributed by atoms with van der Waals surface area (Å²) >= 11 is 0. The molecule has 8 nitrogen and oxygen atoms in total. The molecule has 42 heavy (non-hydrogen) atoms. The molecule has 0 bridgehead atoms. The van der Waals surface area contributed by atoms with Crippen LogP contribution in [-0.2, 0) is 38.5 Å². The number of aryl methyl sites for hydroxylation is 2. The maximum absolute atomic E-state index is 13.7. The maximum Gasteiger partial charge on any atom is 0.407 e.